The summed E-state index contributed by atoms with van der Waals surface area (Å²) >= 11 is 0. The zero-order chi connectivity index (χ0) is 12.1. The third-order valence-corrected chi connectivity index (χ3v) is 2.74. The smallest absolute Gasteiger partial charge is 0.303 e. The topological polar surface area (TPSA) is 49.3 Å². The van der Waals surface area contributed by atoms with Gasteiger partial charge in [0.05, 0.1) is 0 Å². The monoisotopic (exact) mass is 229 g/mol. The van der Waals surface area contributed by atoms with Gasteiger partial charge >= 0.3 is 5.97 Å². The predicted molar refractivity (Wildman–Crippen MR) is 67.7 cm³/mol. The van der Waals surface area contributed by atoms with Crippen molar-refractivity contribution in [1.29, 1.82) is 0 Å². The van der Waals surface area contributed by atoms with Gasteiger partial charge in [-0.3, -0.25) is 4.79 Å². The molecule has 0 saturated carbocycles. The highest BCUT2D eigenvalue weighted by molar-refractivity contribution is 5.66. The Morgan fingerprint density at radius 2 is 1.44 bits per heavy atom. The fraction of sp³-hybridized carbons (Fsp3) is 0.923. The lowest BCUT2D eigenvalue weighted by Crippen LogP contribution is -2.13. The van der Waals surface area contributed by atoms with Crippen LogP contribution in [-0.2, 0) is 4.79 Å². The van der Waals surface area contributed by atoms with Crippen LogP contribution >= 0.6 is 0 Å². The fourth-order valence-corrected chi connectivity index (χ4v) is 1.76. The van der Waals surface area contributed by atoms with Gasteiger partial charge in [-0.1, -0.05) is 45.4 Å². The van der Waals surface area contributed by atoms with Gasteiger partial charge < -0.3 is 10.4 Å². The number of hydrogen-bond donors (Lipinski definition) is 2. The van der Waals surface area contributed by atoms with Crippen LogP contribution in [-0.4, -0.2) is 24.2 Å². The molecule has 0 heterocycles. The van der Waals surface area contributed by atoms with E-state index >= 15 is 0 Å². The van der Waals surface area contributed by atoms with Gasteiger partial charge in [0.1, 0.15) is 0 Å². The summed E-state index contributed by atoms with van der Waals surface area (Å²) in [4.78, 5) is 10.3. The first kappa shape index (κ1) is 15.4. The predicted octanol–water partition coefficient (Wildman–Crippen LogP) is 3.19. The van der Waals surface area contributed by atoms with E-state index in [2.05, 4.69) is 12.2 Å². The van der Waals surface area contributed by atoms with E-state index in [1.807, 2.05) is 0 Å². The summed E-state index contributed by atoms with van der Waals surface area (Å²) in [5.41, 5.74) is 0. The van der Waals surface area contributed by atoms with Crippen molar-refractivity contribution < 1.29 is 9.90 Å². The van der Waals surface area contributed by atoms with Crippen molar-refractivity contribution in [2.24, 2.45) is 0 Å². The Labute approximate surface area is 99.6 Å². The van der Waals surface area contributed by atoms with Crippen molar-refractivity contribution in [3.63, 3.8) is 0 Å². The van der Waals surface area contributed by atoms with Crippen LogP contribution in [0.1, 0.15) is 64.7 Å². The van der Waals surface area contributed by atoms with Gasteiger partial charge in [-0.15, -0.1) is 0 Å². The van der Waals surface area contributed by atoms with Gasteiger partial charge in [0, 0.05) is 6.42 Å². The zero-order valence-electron chi connectivity index (χ0n) is 10.6. The maximum absolute atomic E-state index is 10.3. The molecule has 3 nitrogen and oxygen atoms in total. The summed E-state index contributed by atoms with van der Waals surface area (Å²) in [6.07, 6.45) is 9.95. The van der Waals surface area contributed by atoms with Crippen molar-refractivity contribution in [3.05, 3.63) is 0 Å². The largest absolute Gasteiger partial charge is 0.481 e. The van der Waals surface area contributed by atoms with Crippen LogP contribution in [0.3, 0.4) is 0 Å². The number of carboxylic acid groups (broad SMARTS) is 1. The summed E-state index contributed by atoms with van der Waals surface area (Å²) in [6, 6.07) is 0. The van der Waals surface area contributed by atoms with Crippen LogP contribution in [0.25, 0.3) is 0 Å². The third kappa shape index (κ3) is 13.4. The Balaban J connectivity index is 2.90. The van der Waals surface area contributed by atoms with Gasteiger partial charge in [-0.25, -0.2) is 0 Å². The van der Waals surface area contributed by atoms with Crippen LogP contribution in [0.15, 0.2) is 0 Å². The van der Waals surface area contributed by atoms with Crippen molar-refractivity contribution in [3.8, 4) is 0 Å². The van der Waals surface area contributed by atoms with Crippen LogP contribution in [0, 0.1) is 0 Å². The highest BCUT2D eigenvalue weighted by Gasteiger charge is 1.96. The Morgan fingerprint density at radius 1 is 0.938 bits per heavy atom. The number of carbonyl (C=O) groups is 1. The highest BCUT2D eigenvalue weighted by Crippen LogP contribution is 2.09. The Bertz CT molecular complexity index is 160. The minimum atomic E-state index is -0.663. The molecule has 0 aliphatic rings. The zero-order valence-corrected chi connectivity index (χ0v) is 10.6. The molecule has 0 saturated heterocycles. The molecule has 0 rings (SSSR count). The quantitative estimate of drug-likeness (QED) is 0.505. The lowest BCUT2D eigenvalue weighted by molar-refractivity contribution is -0.137. The molecule has 3 heteroatoms. The molecule has 0 bridgehead atoms. The normalized spacial score (nSPS) is 10.6. The second-order valence-corrected chi connectivity index (χ2v) is 4.33. The van der Waals surface area contributed by atoms with Gasteiger partial charge in [0.25, 0.3) is 0 Å². The second kappa shape index (κ2) is 12.5. The van der Waals surface area contributed by atoms with E-state index in [1.54, 1.807) is 0 Å². The maximum atomic E-state index is 10.3. The summed E-state index contributed by atoms with van der Waals surface area (Å²) < 4.78 is 0. The molecule has 0 aliphatic heterocycles. The first-order valence-electron chi connectivity index (χ1n) is 6.70. The van der Waals surface area contributed by atoms with E-state index in [9.17, 15) is 4.79 Å². The number of carboxylic acids is 1. The SMILES string of the molecule is CCNCCCCCCCCCCC(=O)O. The average molecular weight is 229 g/mol. The van der Waals surface area contributed by atoms with Gasteiger partial charge in [-0.05, 0) is 25.9 Å². The molecule has 16 heavy (non-hydrogen) atoms. The van der Waals surface area contributed by atoms with Crippen LogP contribution < -0.4 is 5.32 Å². The second-order valence-electron chi connectivity index (χ2n) is 4.33. The van der Waals surface area contributed by atoms with E-state index < -0.39 is 5.97 Å². The lowest BCUT2D eigenvalue weighted by Gasteiger charge is -2.02. The molecule has 0 radical (unpaired) electrons. The molecule has 0 unspecified atom stereocenters. The minimum Gasteiger partial charge on any atom is -0.481 e. The Morgan fingerprint density at radius 3 is 1.94 bits per heavy atom. The Hall–Kier alpha value is -0.570. The molecule has 0 aliphatic carbocycles. The first-order valence-corrected chi connectivity index (χ1v) is 6.70. The summed E-state index contributed by atoms with van der Waals surface area (Å²) in [5.74, 6) is -0.663. The number of nitrogens with one attached hydrogen (secondary N) is 1. The number of unbranched alkanes of at least 4 members (excludes halogenated alkanes) is 7. The van der Waals surface area contributed by atoms with Gasteiger partial charge in [-0.2, -0.15) is 0 Å². The van der Waals surface area contributed by atoms with E-state index in [-0.39, 0.29) is 0 Å². The number of aliphatic carboxylic acids is 1. The highest BCUT2D eigenvalue weighted by atomic mass is 16.4. The molecule has 0 atom stereocenters. The molecule has 0 fully saturated rings. The standard InChI is InChI=1S/C13H27NO2/c1-2-14-12-10-8-6-4-3-5-7-9-11-13(15)16/h14H,2-12H2,1H3,(H,15,16). The van der Waals surface area contributed by atoms with E-state index in [4.69, 9.17) is 5.11 Å². The Kier molecular flexibility index (Phi) is 12.1. The third-order valence-electron chi connectivity index (χ3n) is 2.74. The molecule has 0 aromatic rings. The molecule has 0 aromatic carbocycles. The molecule has 0 spiro atoms. The van der Waals surface area contributed by atoms with Gasteiger partial charge in [0.2, 0.25) is 0 Å². The number of hydrogen-bond acceptors (Lipinski definition) is 2. The maximum Gasteiger partial charge on any atom is 0.303 e. The molecule has 0 aromatic heterocycles. The van der Waals surface area contributed by atoms with Crippen molar-refractivity contribution in [2.75, 3.05) is 13.1 Å². The summed E-state index contributed by atoms with van der Waals surface area (Å²) in [6.45, 7) is 4.36. The first-order chi connectivity index (χ1) is 7.77. The minimum absolute atomic E-state index is 0.336. The average Bonchev–Trinajstić information content (AvgIpc) is 2.25. The molecular weight excluding hydrogens is 202 g/mol. The van der Waals surface area contributed by atoms with E-state index in [1.165, 1.54) is 38.5 Å². The molecule has 0 amide bonds. The molecular formula is C13H27NO2. The van der Waals surface area contributed by atoms with Crippen molar-refractivity contribution in [1.82, 2.24) is 5.32 Å². The van der Waals surface area contributed by atoms with Crippen molar-refractivity contribution >= 4 is 5.97 Å². The molecule has 2 N–H and O–H groups in total. The van der Waals surface area contributed by atoms with Crippen LogP contribution in [0.4, 0.5) is 0 Å². The lowest BCUT2D eigenvalue weighted by atomic mass is 10.1. The summed E-state index contributed by atoms with van der Waals surface area (Å²) in [5, 5.41) is 11.8. The molecule has 96 valence electrons. The summed E-state index contributed by atoms with van der Waals surface area (Å²) in [7, 11) is 0. The van der Waals surface area contributed by atoms with E-state index in [0.717, 1.165) is 25.9 Å². The van der Waals surface area contributed by atoms with Crippen molar-refractivity contribution in [2.45, 2.75) is 64.7 Å². The van der Waals surface area contributed by atoms with Crippen LogP contribution in [0.5, 0.6) is 0 Å². The fourth-order valence-electron chi connectivity index (χ4n) is 1.76. The van der Waals surface area contributed by atoms with Gasteiger partial charge in [0.15, 0.2) is 0 Å². The van der Waals surface area contributed by atoms with E-state index in [0.29, 0.717) is 6.42 Å². The van der Waals surface area contributed by atoms with Crippen LogP contribution in [0.2, 0.25) is 0 Å². The number of rotatable bonds is 12.